The summed E-state index contributed by atoms with van der Waals surface area (Å²) in [6.45, 7) is 2.66. The number of ether oxygens (including phenoxy) is 2. The average molecular weight is 258 g/mol. The molecule has 1 saturated heterocycles. The summed E-state index contributed by atoms with van der Waals surface area (Å²) in [5.41, 5.74) is 0.285. The smallest absolute Gasteiger partial charge is 0.0575 e. The fraction of sp³-hybridized carbons (Fsp3) is 1.00. The molecule has 1 aliphatic heterocycles. The summed E-state index contributed by atoms with van der Waals surface area (Å²) in [7, 11) is 0. The third-order valence-electron chi connectivity index (χ3n) is 4.32. The first-order valence-corrected chi connectivity index (χ1v) is 7.78. The van der Waals surface area contributed by atoms with Gasteiger partial charge in [-0.3, -0.25) is 0 Å². The molecule has 1 saturated carbocycles. The third kappa shape index (κ3) is 4.15. The SMILES string of the molecule is SCC1(COC2CCCCCC2)CCOCC1. The van der Waals surface area contributed by atoms with Crippen LogP contribution in [0, 0.1) is 5.41 Å². The second-order valence-electron chi connectivity index (χ2n) is 5.70. The summed E-state index contributed by atoms with van der Waals surface area (Å²) in [5.74, 6) is 0.934. The minimum Gasteiger partial charge on any atom is -0.381 e. The van der Waals surface area contributed by atoms with Crippen LogP contribution in [-0.2, 0) is 9.47 Å². The van der Waals surface area contributed by atoms with Crippen LogP contribution in [0.1, 0.15) is 51.4 Å². The topological polar surface area (TPSA) is 18.5 Å². The number of thiol groups is 1. The Morgan fingerprint density at radius 3 is 2.29 bits per heavy atom. The average Bonchev–Trinajstić information content (AvgIpc) is 2.66. The monoisotopic (exact) mass is 258 g/mol. The van der Waals surface area contributed by atoms with Gasteiger partial charge in [-0.2, -0.15) is 12.6 Å². The van der Waals surface area contributed by atoms with Gasteiger partial charge in [0.15, 0.2) is 0 Å². The first-order chi connectivity index (χ1) is 8.35. The molecule has 2 rings (SSSR count). The Bertz CT molecular complexity index is 206. The largest absolute Gasteiger partial charge is 0.381 e. The molecule has 0 aromatic heterocycles. The van der Waals surface area contributed by atoms with E-state index in [1.165, 1.54) is 38.5 Å². The molecule has 100 valence electrons. The van der Waals surface area contributed by atoms with Gasteiger partial charge in [0.05, 0.1) is 12.7 Å². The lowest BCUT2D eigenvalue weighted by atomic mass is 9.83. The Morgan fingerprint density at radius 2 is 1.71 bits per heavy atom. The van der Waals surface area contributed by atoms with Crippen molar-refractivity contribution in [1.29, 1.82) is 0 Å². The fourth-order valence-corrected chi connectivity index (χ4v) is 3.26. The van der Waals surface area contributed by atoms with Gasteiger partial charge >= 0.3 is 0 Å². The van der Waals surface area contributed by atoms with Gasteiger partial charge in [0.2, 0.25) is 0 Å². The van der Waals surface area contributed by atoms with Gasteiger partial charge in [-0.05, 0) is 31.4 Å². The summed E-state index contributed by atoms with van der Waals surface area (Å²) >= 11 is 4.53. The minimum absolute atomic E-state index is 0.285. The molecule has 0 amide bonds. The number of hydrogen-bond donors (Lipinski definition) is 1. The molecule has 17 heavy (non-hydrogen) atoms. The molecule has 0 spiro atoms. The normalized spacial score (nSPS) is 26.6. The summed E-state index contributed by atoms with van der Waals surface area (Å²) in [5, 5.41) is 0. The molecule has 0 unspecified atom stereocenters. The molecule has 0 aromatic carbocycles. The highest BCUT2D eigenvalue weighted by Gasteiger charge is 2.32. The van der Waals surface area contributed by atoms with Gasteiger partial charge in [-0.25, -0.2) is 0 Å². The molecule has 0 atom stereocenters. The molecule has 0 N–H and O–H groups in total. The maximum Gasteiger partial charge on any atom is 0.0575 e. The van der Waals surface area contributed by atoms with Crippen LogP contribution in [0.5, 0.6) is 0 Å². The Labute approximate surface area is 111 Å². The zero-order valence-corrected chi connectivity index (χ0v) is 11.7. The van der Waals surface area contributed by atoms with E-state index in [4.69, 9.17) is 9.47 Å². The van der Waals surface area contributed by atoms with Crippen LogP contribution < -0.4 is 0 Å². The van der Waals surface area contributed by atoms with Gasteiger partial charge in [-0.1, -0.05) is 25.7 Å². The van der Waals surface area contributed by atoms with Crippen LogP contribution in [0.2, 0.25) is 0 Å². The van der Waals surface area contributed by atoms with Crippen LogP contribution in [0.15, 0.2) is 0 Å². The van der Waals surface area contributed by atoms with Gasteiger partial charge in [0.1, 0.15) is 0 Å². The van der Waals surface area contributed by atoms with Crippen LogP contribution in [0.3, 0.4) is 0 Å². The van der Waals surface area contributed by atoms with Crippen LogP contribution in [-0.4, -0.2) is 31.7 Å². The first kappa shape index (κ1) is 13.7. The van der Waals surface area contributed by atoms with E-state index in [0.717, 1.165) is 38.4 Å². The van der Waals surface area contributed by atoms with Crippen molar-refractivity contribution in [3.63, 3.8) is 0 Å². The Morgan fingerprint density at radius 1 is 1.06 bits per heavy atom. The third-order valence-corrected chi connectivity index (χ3v) is 4.99. The molecule has 2 aliphatic rings. The quantitative estimate of drug-likeness (QED) is 0.615. The van der Waals surface area contributed by atoms with E-state index in [-0.39, 0.29) is 5.41 Å². The maximum absolute atomic E-state index is 6.19. The molecule has 1 aliphatic carbocycles. The van der Waals surface area contributed by atoms with Gasteiger partial charge in [0.25, 0.3) is 0 Å². The maximum atomic E-state index is 6.19. The molecular weight excluding hydrogens is 232 g/mol. The van der Waals surface area contributed by atoms with Crippen molar-refractivity contribution in [2.24, 2.45) is 5.41 Å². The Balaban J connectivity index is 1.77. The van der Waals surface area contributed by atoms with Crippen molar-refractivity contribution in [2.45, 2.75) is 57.5 Å². The van der Waals surface area contributed by atoms with Crippen LogP contribution >= 0.6 is 12.6 Å². The lowest BCUT2D eigenvalue weighted by Crippen LogP contribution is -2.37. The fourth-order valence-electron chi connectivity index (χ4n) is 2.86. The first-order valence-electron chi connectivity index (χ1n) is 7.15. The minimum atomic E-state index is 0.285. The molecule has 1 heterocycles. The highest BCUT2D eigenvalue weighted by Crippen LogP contribution is 2.33. The van der Waals surface area contributed by atoms with Crippen LogP contribution in [0.4, 0.5) is 0 Å². The number of hydrogen-bond acceptors (Lipinski definition) is 3. The van der Waals surface area contributed by atoms with Gasteiger partial charge < -0.3 is 9.47 Å². The zero-order chi connectivity index (χ0) is 12.0. The Kier molecular flexibility index (Phi) is 5.64. The molecule has 0 bridgehead atoms. The van der Waals surface area contributed by atoms with Gasteiger partial charge in [0, 0.05) is 18.6 Å². The second-order valence-corrected chi connectivity index (χ2v) is 6.01. The highest BCUT2D eigenvalue weighted by molar-refractivity contribution is 7.80. The molecule has 0 radical (unpaired) electrons. The zero-order valence-electron chi connectivity index (χ0n) is 10.8. The van der Waals surface area contributed by atoms with E-state index < -0.39 is 0 Å². The summed E-state index contributed by atoms with van der Waals surface area (Å²) in [6, 6.07) is 0. The summed E-state index contributed by atoms with van der Waals surface area (Å²) in [6.07, 6.45) is 10.8. The van der Waals surface area contributed by atoms with E-state index in [1.54, 1.807) is 0 Å². The molecular formula is C14H26O2S. The van der Waals surface area contributed by atoms with E-state index in [1.807, 2.05) is 0 Å². The Hall–Kier alpha value is 0.270. The van der Waals surface area contributed by atoms with Crippen molar-refractivity contribution in [2.75, 3.05) is 25.6 Å². The predicted octanol–water partition coefficient (Wildman–Crippen LogP) is 3.45. The van der Waals surface area contributed by atoms with Crippen molar-refractivity contribution in [3.05, 3.63) is 0 Å². The molecule has 3 heteroatoms. The summed E-state index contributed by atoms with van der Waals surface area (Å²) in [4.78, 5) is 0. The second kappa shape index (κ2) is 7.01. The summed E-state index contributed by atoms with van der Waals surface area (Å²) < 4.78 is 11.6. The number of rotatable bonds is 4. The molecule has 2 fully saturated rings. The van der Waals surface area contributed by atoms with Gasteiger partial charge in [-0.15, -0.1) is 0 Å². The van der Waals surface area contributed by atoms with Crippen molar-refractivity contribution >= 4 is 12.6 Å². The lowest BCUT2D eigenvalue weighted by Gasteiger charge is -2.36. The molecule has 0 aromatic rings. The van der Waals surface area contributed by atoms with E-state index in [9.17, 15) is 0 Å². The predicted molar refractivity (Wildman–Crippen MR) is 73.8 cm³/mol. The molecule has 2 nitrogen and oxygen atoms in total. The van der Waals surface area contributed by atoms with Crippen molar-refractivity contribution in [1.82, 2.24) is 0 Å². The van der Waals surface area contributed by atoms with E-state index in [0.29, 0.717) is 6.10 Å². The van der Waals surface area contributed by atoms with E-state index >= 15 is 0 Å². The van der Waals surface area contributed by atoms with E-state index in [2.05, 4.69) is 12.6 Å². The standard InChI is InChI=1S/C14H26O2S/c17-12-14(7-9-15-10-8-14)11-16-13-5-3-1-2-4-6-13/h13,17H,1-12H2. The highest BCUT2D eigenvalue weighted by atomic mass is 32.1. The van der Waals surface area contributed by atoms with Crippen molar-refractivity contribution in [3.8, 4) is 0 Å². The van der Waals surface area contributed by atoms with Crippen molar-refractivity contribution < 1.29 is 9.47 Å². The lowest BCUT2D eigenvalue weighted by molar-refractivity contribution is -0.0554. The van der Waals surface area contributed by atoms with Crippen LogP contribution in [0.25, 0.3) is 0 Å².